The van der Waals surface area contributed by atoms with Crippen LogP contribution < -0.4 is 5.32 Å². The van der Waals surface area contributed by atoms with Crippen LogP contribution in [0.1, 0.15) is 35.8 Å². The molecule has 1 aliphatic rings. The van der Waals surface area contributed by atoms with Gasteiger partial charge in [-0.1, -0.05) is 6.92 Å². The number of piperidine rings is 1. The number of hydrogen-bond acceptors (Lipinski definition) is 3. The lowest BCUT2D eigenvalue weighted by atomic mass is 9.96. The topological polar surface area (TPSA) is 45.2 Å². The van der Waals surface area contributed by atoms with Crippen LogP contribution in [0.5, 0.6) is 0 Å². The van der Waals surface area contributed by atoms with E-state index in [1.54, 1.807) is 4.90 Å². The van der Waals surface area contributed by atoms with E-state index >= 15 is 0 Å². The minimum atomic E-state index is -4.43. The SMILES string of the molecule is CCNCC1CCN(C(=O)c2ccc(C(F)(F)F)cn2)CC1.Cl.Cl. The normalized spacial score (nSPS) is 15.4. The summed E-state index contributed by atoms with van der Waals surface area (Å²) >= 11 is 0. The number of hydrogen-bond donors (Lipinski definition) is 1. The summed E-state index contributed by atoms with van der Waals surface area (Å²) in [7, 11) is 0. The molecule has 24 heavy (non-hydrogen) atoms. The summed E-state index contributed by atoms with van der Waals surface area (Å²) in [5, 5.41) is 3.29. The number of pyridine rings is 1. The number of likely N-dealkylation sites (tertiary alicyclic amines) is 1. The maximum atomic E-state index is 12.5. The fourth-order valence-corrected chi connectivity index (χ4v) is 2.54. The fraction of sp³-hybridized carbons (Fsp3) is 0.600. The average molecular weight is 388 g/mol. The molecule has 1 saturated heterocycles. The van der Waals surface area contributed by atoms with Crippen LogP contribution in [0.4, 0.5) is 13.2 Å². The lowest BCUT2D eigenvalue weighted by Gasteiger charge is -2.31. The maximum absolute atomic E-state index is 12.5. The van der Waals surface area contributed by atoms with Crippen LogP contribution >= 0.6 is 24.8 Å². The molecule has 9 heteroatoms. The number of aromatic nitrogens is 1. The number of nitrogens with zero attached hydrogens (tertiary/aromatic N) is 2. The molecule has 1 amide bonds. The molecule has 0 atom stereocenters. The van der Waals surface area contributed by atoms with Gasteiger partial charge in [0, 0.05) is 19.3 Å². The number of carbonyl (C=O) groups excluding carboxylic acids is 1. The molecule has 2 heterocycles. The standard InChI is InChI=1S/C15H20F3N3O.2ClH/c1-2-19-9-11-5-7-21(8-6-11)14(22)13-4-3-12(10-20-13)15(16,17)18;;/h3-4,10-11,19H,2,5-9H2,1H3;2*1H. The van der Waals surface area contributed by atoms with Gasteiger partial charge in [-0.25, -0.2) is 0 Å². The molecule has 138 valence electrons. The molecule has 1 aliphatic heterocycles. The van der Waals surface area contributed by atoms with Gasteiger partial charge < -0.3 is 10.2 Å². The van der Waals surface area contributed by atoms with E-state index in [2.05, 4.69) is 17.2 Å². The lowest BCUT2D eigenvalue weighted by Crippen LogP contribution is -2.41. The molecule has 2 rings (SSSR count). The van der Waals surface area contributed by atoms with Gasteiger partial charge in [0.15, 0.2) is 0 Å². The summed E-state index contributed by atoms with van der Waals surface area (Å²) in [6.07, 6.45) is -1.91. The van der Waals surface area contributed by atoms with Crippen LogP contribution in [0.2, 0.25) is 0 Å². The molecule has 0 aliphatic carbocycles. The van der Waals surface area contributed by atoms with E-state index in [1.807, 2.05) is 0 Å². The van der Waals surface area contributed by atoms with Crippen LogP contribution in [0, 0.1) is 5.92 Å². The van der Waals surface area contributed by atoms with Gasteiger partial charge in [-0.2, -0.15) is 13.2 Å². The summed E-state index contributed by atoms with van der Waals surface area (Å²) in [4.78, 5) is 17.6. The monoisotopic (exact) mass is 387 g/mol. The van der Waals surface area contributed by atoms with Crippen LogP contribution in [0.15, 0.2) is 18.3 Å². The molecule has 1 fully saturated rings. The number of alkyl halides is 3. The third kappa shape index (κ3) is 6.11. The van der Waals surface area contributed by atoms with Gasteiger partial charge in [0.2, 0.25) is 0 Å². The van der Waals surface area contributed by atoms with Crippen LogP contribution in [0.25, 0.3) is 0 Å². The van der Waals surface area contributed by atoms with Gasteiger partial charge >= 0.3 is 6.18 Å². The Bertz CT molecular complexity index is 504. The van der Waals surface area contributed by atoms with Crippen LogP contribution in [0.3, 0.4) is 0 Å². The van der Waals surface area contributed by atoms with E-state index in [0.29, 0.717) is 25.2 Å². The minimum Gasteiger partial charge on any atom is -0.337 e. The summed E-state index contributed by atoms with van der Waals surface area (Å²) in [5.74, 6) is 0.250. The van der Waals surface area contributed by atoms with E-state index in [0.717, 1.165) is 38.1 Å². The molecule has 0 saturated carbocycles. The Hall–Kier alpha value is -1.05. The Labute approximate surface area is 152 Å². The molecular weight excluding hydrogens is 366 g/mol. The highest BCUT2D eigenvalue weighted by atomic mass is 35.5. The quantitative estimate of drug-likeness (QED) is 0.860. The second-order valence-corrected chi connectivity index (χ2v) is 5.47. The summed E-state index contributed by atoms with van der Waals surface area (Å²) < 4.78 is 37.4. The smallest absolute Gasteiger partial charge is 0.337 e. The van der Waals surface area contributed by atoms with Crippen molar-refractivity contribution in [2.75, 3.05) is 26.2 Å². The Morgan fingerprint density at radius 2 is 1.92 bits per heavy atom. The second-order valence-electron chi connectivity index (χ2n) is 5.47. The Morgan fingerprint density at radius 3 is 2.38 bits per heavy atom. The number of amides is 1. The molecule has 0 aromatic carbocycles. The first kappa shape index (κ1) is 22.9. The highest BCUT2D eigenvalue weighted by Gasteiger charge is 2.31. The van der Waals surface area contributed by atoms with E-state index < -0.39 is 11.7 Å². The number of rotatable bonds is 4. The Balaban J connectivity index is 0.00000264. The van der Waals surface area contributed by atoms with E-state index in [-0.39, 0.29) is 36.4 Å². The summed E-state index contributed by atoms with van der Waals surface area (Å²) in [6, 6.07) is 2.05. The highest BCUT2D eigenvalue weighted by Crippen LogP contribution is 2.28. The summed E-state index contributed by atoms with van der Waals surface area (Å²) in [5.41, 5.74) is -0.772. The first-order valence-corrected chi connectivity index (χ1v) is 7.45. The zero-order valence-electron chi connectivity index (χ0n) is 13.3. The van der Waals surface area contributed by atoms with Crippen molar-refractivity contribution in [1.29, 1.82) is 0 Å². The van der Waals surface area contributed by atoms with Crippen molar-refractivity contribution in [3.63, 3.8) is 0 Å². The molecule has 1 aromatic heterocycles. The molecule has 0 unspecified atom stereocenters. The van der Waals surface area contributed by atoms with E-state index in [4.69, 9.17) is 0 Å². The van der Waals surface area contributed by atoms with Gasteiger partial charge in [0.1, 0.15) is 5.69 Å². The van der Waals surface area contributed by atoms with Gasteiger partial charge in [-0.05, 0) is 44.0 Å². The molecule has 0 radical (unpaired) electrons. The lowest BCUT2D eigenvalue weighted by molar-refractivity contribution is -0.137. The maximum Gasteiger partial charge on any atom is 0.417 e. The van der Waals surface area contributed by atoms with Crippen molar-refractivity contribution >= 4 is 30.7 Å². The molecule has 4 nitrogen and oxygen atoms in total. The average Bonchev–Trinajstić information content (AvgIpc) is 2.52. The minimum absolute atomic E-state index is 0. The molecule has 0 spiro atoms. The molecule has 0 bridgehead atoms. The number of carbonyl (C=O) groups is 1. The zero-order chi connectivity index (χ0) is 16.2. The third-order valence-corrected chi connectivity index (χ3v) is 3.89. The first-order chi connectivity index (χ1) is 10.4. The predicted molar refractivity (Wildman–Crippen MR) is 90.9 cm³/mol. The van der Waals surface area contributed by atoms with Crippen molar-refractivity contribution < 1.29 is 18.0 Å². The zero-order valence-corrected chi connectivity index (χ0v) is 14.9. The fourth-order valence-electron chi connectivity index (χ4n) is 2.54. The van der Waals surface area contributed by atoms with Gasteiger partial charge in [0.05, 0.1) is 5.56 Å². The van der Waals surface area contributed by atoms with Gasteiger partial charge in [-0.15, -0.1) is 24.8 Å². The summed E-state index contributed by atoms with van der Waals surface area (Å²) in [6.45, 7) is 5.16. The molecular formula is C15H22Cl2F3N3O. The van der Waals surface area contributed by atoms with E-state index in [9.17, 15) is 18.0 Å². The van der Waals surface area contributed by atoms with E-state index in [1.165, 1.54) is 0 Å². The Morgan fingerprint density at radius 1 is 1.29 bits per heavy atom. The highest BCUT2D eigenvalue weighted by molar-refractivity contribution is 5.92. The largest absolute Gasteiger partial charge is 0.417 e. The van der Waals surface area contributed by atoms with Gasteiger partial charge in [-0.3, -0.25) is 9.78 Å². The van der Waals surface area contributed by atoms with Gasteiger partial charge in [0.25, 0.3) is 5.91 Å². The number of halogens is 5. The third-order valence-electron chi connectivity index (χ3n) is 3.89. The van der Waals surface area contributed by atoms with Crippen molar-refractivity contribution in [2.24, 2.45) is 5.92 Å². The predicted octanol–water partition coefficient (Wildman–Crippen LogP) is 3.41. The van der Waals surface area contributed by atoms with Crippen molar-refractivity contribution in [2.45, 2.75) is 25.9 Å². The van der Waals surface area contributed by atoms with Crippen molar-refractivity contribution in [1.82, 2.24) is 15.2 Å². The first-order valence-electron chi connectivity index (χ1n) is 7.45. The second kappa shape index (κ2) is 10.1. The van der Waals surface area contributed by atoms with Crippen LogP contribution in [-0.2, 0) is 6.18 Å². The van der Waals surface area contributed by atoms with Crippen molar-refractivity contribution in [3.8, 4) is 0 Å². The van der Waals surface area contributed by atoms with Crippen molar-refractivity contribution in [3.05, 3.63) is 29.6 Å². The molecule has 1 aromatic rings. The molecule has 1 N–H and O–H groups in total. The number of nitrogens with one attached hydrogen (secondary N) is 1. The Kier molecular flexibility index (Phi) is 9.62. The van der Waals surface area contributed by atoms with Crippen LogP contribution in [-0.4, -0.2) is 42.0 Å².